The summed E-state index contributed by atoms with van der Waals surface area (Å²) >= 11 is 0. The van der Waals surface area contributed by atoms with Gasteiger partial charge in [-0.2, -0.15) is 0 Å². The van der Waals surface area contributed by atoms with Crippen LogP contribution in [-0.2, 0) is 4.79 Å². The monoisotopic (exact) mass is 192 g/mol. The molecule has 0 bridgehead atoms. The molecule has 0 saturated heterocycles. The van der Waals surface area contributed by atoms with Gasteiger partial charge in [0.15, 0.2) is 5.78 Å². The van der Waals surface area contributed by atoms with Crippen LogP contribution in [0.5, 0.6) is 5.75 Å². The Morgan fingerprint density at radius 3 is 2.79 bits per heavy atom. The first-order valence-corrected chi connectivity index (χ1v) is 4.19. The van der Waals surface area contributed by atoms with E-state index in [4.69, 9.17) is 5.11 Å². The summed E-state index contributed by atoms with van der Waals surface area (Å²) in [5.74, 6) is -2.29. The average molecular weight is 192 g/mol. The highest BCUT2D eigenvalue weighted by Gasteiger charge is 2.36. The highest BCUT2D eigenvalue weighted by Crippen LogP contribution is 2.38. The minimum atomic E-state index is -1.07. The number of carbonyl (C=O) groups excluding carboxylic acids is 1. The van der Waals surface area contributed by atoms with Gasteiger partial charge in [0.25, 0.3) is 0 Å². The molecular formula is C10H8O4. The molecule has 0 saturated carbocycles. The predicted octanol–water partition coefficient (Wildman–Crippen LogP) is 1.15. The lowest BCUT2D eigenvalue weighted by molar-refractivity contribution is -0.138. The number of carboxylic acids is 1. The lowest BCUT2D eigenvalue weighted by Crippen LogP contribution is -2.08. The number of carbonyl (C=O) groups is 2. The number of aromatic hydroxyl groups is 1. The molecule has 1 atom stereocenters. The van der Waals surface area contributed by atoms with E-state index in [0.29, 0.717) is 5.56 Å². The van der Waals surface area contributed by atoms with Crippen molar-refractivity contribution in [1.29, 1.82) is 0 Å². The van der Waals surface area contributed by atoms with Gasteiger partial charge in [0.05, 0.1) is 5.92 Å². The van der Waals surface area contributed by atoms with Crippen molar-refractivity contribution in [2.24, 2.45) is 0 Å². The molecule has 0 heterocycles. The molecule has 72 valence electrons. The van der Waals surface area contributed by atoms with Crippen molar-refractivity contribution in [3.63, 3.8) is 0 Å². The molecule has 2 rings (SSSR count). The van der Waals surface area contributed by atoms with Crippen LogP contribution in [0.1, 0.15) is 28.3 Å². The number of hydrogen-bond acceptors (Lipinski definition) is 3. The summed E-state index contributed by atoms with van der Waals surface area (Å²) in [7, 11) is 0. The van der Waals surface area contributed by atoms with Crippen LogP contribution in [0.4, 0.5) is 0 Å². The molecule has 2 N–H and O–H groups in total. The Morgan fingerprint density at radius 1 is 1.43 bits per heavy atom. The molecule has 4 heteroatoms. The van der Waals surface area contributed by atoms with E-state index in [1.54, 1.807) is 6.07 Å². The molecule has 1 unspecified atom stereocenters. The van der Waals surface area contributed by atoms with E-state index in [1.165, 1.54) is 12.1 Å². The molecule has 1 aliphatic carbocycles. The summed E-state index contributed by atoms with van der Waals surface area (Å²) < 4.78 is 0. The molecule has 14 heavy (non-hydrogen) atoms. The second kappa shape index (κ2) is 2.83. The normalized spacial score (nSPS) is 19.4. The maximum absolute atomic E-state index is 11.4. The van der Waals surface area contributed by atoms with Crippen molar-refractivity contribution in [2.45, 2.75) is 12.3 Å². The van der Waals surface area contributed by atoms with Crippen LogP contribution in [-0.4, -0.2) is 22.0 Å². The van der Waals surface area contributed by atoms with Gasteiger partial charge in [-0.25, -0.2) is 0 Å². The standard InChI is InChI=1S/C10H8O4/c11-7-3-1-2-5-8(12)4-6(9(5)7)10(13)14/h1-3,6,11H,4H2,(H,13,14). The Bertz CT molecular complexity index is 422. The van der Waals surface area contributed by atoms with Crippen LogP contribution in [0.3, 0.4) is 0 Å². The van der Waals surface area contributed by atoms with Crippen molar-refractivity contribution in [2.75, 3.05) is 0 Å². The van der Waals surface area contributed by atoms with Gasteiger partial charge in [0.1, 0.15) is 5.75 Å². The van der Waals surface area contributed by atoms with Crippen LogP contribution >= 0.6 is 0 Å². The third-order valence-electron chi connectivity index (χ3n) is 2.42. The largest absolute Gasteiger partial charge is 0.508 e. The van der Waals surface area contributed by atoms with Gasteiger partial charge < -0.3 is 10.2 Å². The minimum absolute atomic E-state index is 0.0533. The van der Waals surface area contributed by atoms with E-state index in [2.05, 4.69) is 0 Å². The third-order valence-corrected chi connectivity index (χ3v) is 2.42. The number of aliphatic carboxylic acids is 1. The average Bonchev–Trinajstić information content (AvgIpc) is 2.46. The lowest BCUT2D eigenvalue weighted by atomic mass is 10.0. The Labute approximate surface area is 79.8 Å². The lowest BCUT2D eigenvalue weighted by Gasteiger charge is -2.05. The topological polar surface area (TPSA) is 74.6 Å². The predicted molar refractivity (Wildman–Crippen MR) is 47.4 cm³/mol. The number of carboxylic acid groups (broad SMARTS) is 1. The Kier molecular flexibility index (Phi) is 1.77. The zero-order valence-corrected chi connectivity index (χ0v) is 7.23. The maximum Gasteiger partial charge on any atom is 0.311 e. The quantitative estimate of drug-likeness (QED) is 0.699. The van der Waals surface area contributed by atoms with Crippen LogP contribution in [0.25, 0.3) is 0 Å². The summed E-state index contributed by atoms with van der Waals surface area (Å²) in [6.45, 7) is 0. The molecule has 1 aromatic carbocycles. The first kappa shape index (κ1) is 8.74. The minimum Gasteiger partial charge on any atom is -0.508 e. The number of benzene rings is 1. The van der Waals surface area contributed by atoms with Gasteiger partial charge in [-0.05, 0) is 6.07 Å². The van der Waals surface area contributed by atoms with Crippen molar-refractivity contribution >= 4 is 11.8 Å². The van der Waals surface area contributed by atoms with E-state index < -0.39 is 11.9 Å². The maximum atomic E-state index is 11.4. The van der Waals surface area contributed by atoms with Crippen molar-refractivity contribution < 1.29 is 19.8 Å². The van der Waals surface area contributed by atoms with Crippen molar-refractivity contribution in [1.82, 2.24) is 0 Å². The number of Topliss-reactive ketones (excluding diaryl/α,β-unsaturated/α-hetero) is 1. The third kappa shape index (κ3) is 1.08. The number of fused-ring (bicyclic) bond motifs is 1. The van der Waals surface area contributed by atoms with E-state index in [9.17, 15) is 14.7 Å². The molecule has 0 aliphatic heterocycles. The van der Waals surface area contributed by atoms with Crippen molar-refractivity contribution in [3.05, 3.63) is 29.3 Å². The Balaban J connectivity index is 2.62. The van der Waals surface area contributed by atoms with E-state index >= 15 is 0 Å². The fourth-order valence-electron chi connectivity index (χ4n) is 1.77. The van der Waals surface area contributed by atoms with E-state index in [1.807, 2.05) is 0 Å². The van der Waals surface area contributed by atoms with Crippen molar-refractivity contribution in [3.8, 4) is 5.75 Å². The molecule has 0 fully saturated rings. The highest BCUT2D eigenvalue weighted by atomic mass is 16.4. The number of phenolic OH excluding ortho intramolecular Hbond substituents is 1. The second-order valence-corrected chi connectivity index (χ2v) is 3.26. The van der Waals surface area contributed by atoms with E-state index in [0.717, 1.165) is 0 Å². The first-order chi connectivity index (χ1) is 6.61. The molecule has 1 aliphatic rings. The Hall–Kier alpha value is -1.84. The smallest absolute Gasteiger partial charge is 0.311 e. The summed E-state index contributed by atoms with van der Waals surface area (Å²) in [6, 6.07) is 4.48. The van der Waals surface area contributed by atoms with Crippen LogP contribution in [0.15, 0.2) is 18.2 Å². The van der Waals surface area contributed by atoms with Crippen LogP contribution in [0, 0.1) is 0 Å². The highest BCUT2D eigenvalue weighted by molar-refractivity contribution is 6.06. The molecule has 0 amide bonds. The van der Waals surface area contributed by atoms with Gasteiger partial charge in [0.2, 0.25) is 0 Å². The second-order valence-electron chi connectivity index (χ2n) is 3.26. The first-order valence-electron chi connectivity index (χ1n) is 4.19. The SMILES string of the molecule is O=C1CC(C(=O)O)c2c(O)cccc21. The van der Waals surface area contributed by atoms with E-state index in [-0.39, 0.29) is 23.5 Å². The fraction of sp³-hybridized carbons (Fsp3) is 0.200. The molecule has 0 radical (unpaired) electrons. The summed E-state index contributed by atoms with van der Waals surface area (Å²) in [5.41, 5.74) is 0.586. The Morgan fingerprint density at radius 2 is 2.14 bits per heavy atom. The van der Waals surface area contributed by atoms with Gasteiger partial charge in [0, 0.05) is 17.5 Å². The zero-order chi connectivity index (χ0) is 10.3. The number of hydrogen-bond donors (Lipinski definition) is 2. The summed E-state index contributed by atoms with van der Waals surface area (Å²) in [5, 5.41) is 18.3. The summed E-state index contributed by atoms with van der Waals surface area (Å²) in [4.78, 5) is 22.2. The molecule has 0 aromatic heterocycles. The van der Waals surface area contributed by atoms with Gasteiger partial charge in [-0.15, -0.1) is 0 Å². The summed E-state index contributed by atoms with van der Waals surface area (Å²) in [6.07, 6.45) is -0.0533. The number of ketones is 1. The molecule has 1 aromatic rings. The van der Waals surface area contributed by atoms with Crippen LogP contribution < -0.4 is 0 Å². The molecular weight excluding hydrogens is 184 g/mol. The van der Waals surface area contributed by atoms with Gasteiger partial charge in [-0.1, -0.05) is 12.1 Å². The molecule has 4 nitrogen and oxygen atoms in total. The zero-order valence-electron chi connectivity index (χ0n) is 7.23. The fourth-order valence-corrected chi connectivity index (χ4v) is 1.77. The van der Waals surface area contributed by atoms with Gasteiger partial charge >= 0.3 is 5.97 Å². The van der Waals surface area contributed by atoms with Gasteiger partial charge in [-0.3, -0.25) is 9.59 Å². The van der Waals surface area contributed by atoms with Crippen LogP contribution in [0.2, 0.25) is 0 Å². The number of rotatable bonds is 1. The molecule has 0 spiro atoms. The number of phenols is 1.